The van der Waals surface area contributed by atoms with Gasteiger partial charge in [-0.1, -0.05) is 47.0 Å². The standard InChI is InChI=1S/C34H44N6O10/c1-18(2)27(36)32(43)49-29-24(15-45-26(41)13-21-9-7-6-8-10-21)50-34(16-35,30(29)42)25-12-11-22-31(37-17-38-40(22)25)39-33(44)46-14-23-28(19(3)4)48-20(5)47-23/h11-12,17-19,21,24,27,29-30,42H,5-10,13-15,36H2,1-4H3,(H,37,38,39,44)/t24-,27+,29-,30-,34+/m1/s1. The van der Waals surface area contributed by atoms with Crippen LogP contribution in [0.3, 0.4) is 0 Å². The van der Waals surface area contributed by atoms with Crippen molar-refractivity contribution >= 4 is 29.4 Å². The molecule has 1 aliphatic carbocycles. The number of nitrogens with zero attached hydrogens (tertiary/aromatic N) is 4. The Hall–Kier alpha value is -4.72. The first-order chi connectivity index (χ1) is 23.8. The van der Waals surface area contributed by atoms with Gasteiger partial charge in [0.05, 0.1) is 5.69 Å². The van der Waals surface area contributed by atoms with Crippen LogP contribution in [0.25, 0.3) is 5.52 Å². The van der Waals surface area contributed by atoms with Crippen LogP contribution in [-0.2, 0) is 43.6 Å². The quantitative estimate of drug-likeness (QED) is 0.214. The smallest absolute Gasteiger partial charge is 0.413 e. The second-order valence-electron chi connectivity index (χ2n) is 13.4. The molecule has 5 rings (SSSR count). The largest absolute Gasteiger partial charge is 0.463 e. The van der Waals surface area contributed by atoms with Crippen molar-refractivity contribution in [3.8, 4) is 6.07 Å². The molecule has 16 heteroatoms. The Kier molecular flexibility index (Phi) is 11.3. The first-order valence-corrected chi connectivity index (χ1v) is 16.8. The number of aliphatic hydroxyl groups excluding tert-OH is 1. The minimum atomic E-state index is -2.16. The van der Waals surface area contributed by atoms with Crippen LogP contribution in [0.2, 0.25) is 0 Å². The Bertz CT molecular complexity index is 1680. The number of hydrogen-bond donors (Lipinski definition) is 3. The minimum Gasteiger partial charge on any atom is -0.463 e. The summed E-state index contributed by atoms with van der Waals surface area (Å²) < 4.78 is 34.8. The highest BCUT2D eigenvalue weighted by Crippen LogP contribution is 2.42. The lowest BCUT2D eigenvalue weighted by Gasteiger charge is -2.25. The maximum absolute atomic E-state index is 13.0. The van der Waals surface area contributed by atoms with E-state index in [0.29, 0.717) is 11.5 Å². The summed E-state index contributed by atoms with van der Waals surface area (Å²) in [7, 11) is 0. The summed E-state index contributed by atoms with van der Waals surface area (Å²) in [4.78, 5) is 42.7. The van der Waals surface area contributed by atoms with Crippen LogP contribution in [0, 0.1) is 29.1 Å². The van der Waals surface area contributed by atoms with Crippen molar-refractivity contribution in [3.05, 3.63) is 48.2 Å². The second-order valence-corrected chi connectivity index (χ2v) is 13.4. The van der Waals surface area contributed by atoms with Crippen molar-refractivity contribution < 1.29 is 47.9 Å². The van der Waals surface area contributed by atoms with Gasteiger partial charge in [-0.25, -0.2) is 14.3 Å². The number of anilines is 1. The van der Waals surface area contributed by atoms with Crippen LogP contribution >= 0.6 is 0 Å². The molecule has 2 aliphatic heterocycles. The van der Waals surface area contributed by atoms with Gasteiger partial charge >= 0.3 is 18.0 Å². The van der Waals surface area contributed by atoms with Crippen molar-refractivity contribution in [1.29, 1.82) is 5.26 Å². The highest BCUT2D eigenvalue weighted by atomic mass is 16.7. The molecule has 3 aliphatic rings. The number of carbonyl (C=O) groups excluding carboxylic acids is 3. The Labute approximate surface area is 289 Å². The summed E-state index contributed by atoms with van der Waals surface area (Å²) in [6, 6.07) is 3.96. The molecule has 2 aromatic heterocycles. The molecule has 5 atom stereocenters. The molecule has 1 amide bonds. The number of amides is 1. The number of fused-ring (bicyclic) bond motifs is 1. The summed E-state index contributed by atoms with van der Waals surface area (Å²) in [6.45, 7) is 10.2. The van der Waals surface area contributed by atoms with Gasteiger partial charge in [-0.05, 0) is 43.4 Å². The van der Waals surface area contributed by atoms with Crippen LogP contribution in [0.4, 0.5) is 10.6 Å². The molecule has 0 unspecified atom stereocenters. The van der Waals surface area contributed by atoms with E-state index in [4.69, 9.17) is 34.2 Å². The van der Waals surface area contributed by atoms with Gasteiger partial charge in [0, 0.05) is 12.3 Å². The van der Waals surface area contributed by atoms with Gasteiger partial charge in [-0.15, -0.1) is 0 Å². The van der Waals surface area contributed by atoms with Gasteiger partial charge in [-0.2, -0.15) is 10.4 Å². The van der Waals surface area contributed by atoms with Gasteiger partial charge in [0.2, 0.25) is 5.60 Å². The lowest BCUT2D eigenvalue weighted by molar-refractivity contribution is -0.162. The normalized spacial score (nSPS) is 24.5. The number of rotatable bonds is 12. The fraction of sp³-hybridized carbons (Fsp3) is 0.588. The van der Waals surface area contributed by atoms with Gasteiger partial charge in [0.25, 0.3) is 5.95 Å². The zero-order valence-corrected chi connectivity index (χ0v) is 28.6. The third-order valence-corrected chi connectivity index (χ3v) is 9.08. The number of nitrogens with one attached hydrogen (secondary N) is 1. The van der Waals surface area contributed by atoms with Crippen LogP contribution in [0.5, 0.6) is 0 Å². The summed E-state index contributed by atoms with van der Waals surface area (Å²) >= 11 is 0. The average molecular weight is 697 g/mol. The average Bonchev–Trinajstić information content (AvgIpc) is 3.77. The van der Waals surface area contributed by atoms with E-state index >= 15 is 0 Å². The Morgan fingerprint density at radius 1 is 1.18 bits per heavy atom. The Morgan fingerprint density at radius 2 is 1.92 bits per heavy atom. The fourth-order valence-electron chi connectivity index (χ4n) is 6.29. The molecule has 0 spiro atoms. The second kappa shape index (κ2) is 15.4. The van der Waals surface area contributed by atoms with E-state index in [-0.39, 0.29) is 53.8 Å². The number of hydrogen-bond acceptors (Lipinski definition) is 14. The van der Waals surface area contributed by atoms with Gasteiger partial charge in [0.1, 0.15) is 42.8 Å². The van der Waals surface area contributed by atoms with Crippen LogP contribution in [-0.4, -0.2) is 75.3 Å². The number of esters is 2. The first kappa shape index (κ1) is 36.6. The Balaban J connectivity index is 1.36. The van der Waals surface area contributed by atoms with E-state index in [1.807, 2.05) is 19.9 Å². The third-order valence-electron chi connectivity index (χ3n) is 9.08. The highest BCUT2D eigenvalue weighted by molar-refractivity contribution is 5.88. The zero-order valence-electron chi connectivity index (χ0n) is 28.6. The minimum absolute atomic E-state index is 0.0157. The number of aromatic nitrogens is 3. The molecule has 2 fully saturated rings. The van der Waals surface area contributed by atoms with Crippen LogP contribution < -0.4 is 11.1 Å². The maximum Gasteiger partial charge on any atom is 0.413 e. The topological polar surface area (TPSA) is 219 Å². The first-order valence-electron chi connectivity index (χ1n) is 16.8. The third kappa shape index (κ3) is 7.69. The summed E-state index contributed by atoms with van der Waals surface area (Å²) in [6.07, 6.45) is 1.18. The van der Waals surface area contributed by atoms with Gasteiger partial charge in [0.15, 0.2) is 30.0 Å². The molecule has 50 heavy (non-hydrogen) atoms. The molecule has 0 radical (unpaired) electrons. The maximum atomic E-state index is 13.0. The van der Waals surface area contributed by atoms with E-state index in [1.165, 1.54) is 16.6 Å². The van der Waals surface area contributed by atoms with Gasteiger partial charge in [-0.3, -0.25) is 14.9 Å². The summed E-state index contributed by atoms with van der Waals surface area (Å²) in [5.41, 5.74) is 4.13. The van der Waals surface area contributed by atoms with E-state index in [1.54, 1.807) is 13.8 Å². The molecule has 4 N–H and O–H groups in total. The highest BCUT2D eigenvalue weighted by Gasteiger charge is 2.60. The lowest BCUT2D eigenvalue weighted by atomic mass is 9.87. The molecule has 270 valence electrons. The van der Waals surface area contributed by atoms with E-state index in [2.05, 4.69) is 22.0 Å². The lowest BCUT2D eigenvalue weighted by Crippen LogP contribution is -2.46. The Morgan fingerprint density at radius 3 is 2.60 bits per heavy atom. The van der Waals surface area contributed by atoms with E-state index in [0.717, 1.165) is 38.4 Å². The molecule has 0 aromatic carbocycles. The molecule has 1 saturated carbocycles. The molecule has 0 bridgehead atoms. The van der Waals surface area contributed by atoms with E-state index < -0.39 is 54.6 Å². The summed E-state index contributed by atoms with van der Waals surface area (Å²) in [5, 5.41) is 29.0. The molecular weight excluding hydrogens is 652 g/mol. The predicted octanol–water partition coefficient (Wildman–Crippen LogP) is 3.55. The monoisotopic (exact) mass is 696 g/mol. The molecule has 2 aromatic rings. The van der Waals surface area contributed by atoms with Crippen molar-refractivity contribution in [2.45, 2.75) is 96.2 Å². The van der Waals surface area contributed by atoms with Crippen molar-refractivity contribution in [1.82, 2.24) is 14.6 Å². The van der Waals surface area contributed by atoms with Crippen molar-refractivity contribution in [2.24, 2.45) is 23.5 Å². The molecule has 4 heterocycles. The fourth-order valence-corrected chi connectivity index (χ4v) is 6.29. The number of carbonyl (C=O) groups is 3. The number of nitrogens with two attached hydrogens (primary N) is 1. The number of allylic oxidation sites excluding steroid dienone is 1. The molecule has 16 nitrogen and oxygen atoms in total. The number of ether oxygens (including phenoxy) is 6. The number of aliphatic hydroxyl groups is 1. The van der Waals surface area contributed by atoms with Crippen LogP contribution in [0.15, 0.2) is 42.5 Å². The SMILES string of the molecule is C=C1OC(COC(=O)Nc2ncnn3c([C@]4(C#N)O[C@H](COC(=O)CC5CCCCC5)[C@@H](OC(=O)[C@@H](N)C(C)C)[C@H]4O)ccc23)=C(C(C)C)O1. The van der Waals surface area contributed by atoms with Crippen molar-refractivity contribution in [2.75, 3.05) is 18.5 Å². The van der Waals surface area contributed by atoms with Gasteiger partial charge < -0.3 is 39.3 Å². The van der Waals surface area contributed by atoms with Crippen LogP contribution in [0.1, 0.15) is 71.9 Å². The zero-order chi connectivity index (χ0) is 36.2. The molecule has 1 saturated heterocycles. The summed E-state index contributed by atoms with van der Waals surface area (Å²) in [5.74, 6) is -0.490. The number of nitriles is 1. The van der Waals surface area contributed by atoms with E-state index in [9.17, 15) is 24.8 Å². The predicted molar refractivity (Wildman–Crippen MR) is 174 cm³/mol. The molecular formula is C34H44N6O10. The van der Waals surface area contributed by atoms with Crippen molar-refractivity contribution in [3.63, 3.8) is 0 Å².